The minimum absolute atomic E-state index is 0.0725. The molecule has 0 saturated carbocycles. The fraction of sp³-hybridized carbons (Fsp3) is 0.545. The molecule has 0 radical (unpaired) electrons. The lowest BCUT2D eigenvalue weighted by Crippen LogP contribution is -2.31. The van der Waals surface area contributed by atoms with Crippen LogP contribution < -0.4 is 16.0 Å². The first-order valence-corrected chi connectivity index (χ1v) is 6.31. The number of nitrogens with zero attached hydrogens (tertiary/aromatic N) is 3. The van der Waals surface area contributed by atoms with Gasteiger partial charge in [0, 0.05) is 20.1 Å². The number of amides is 1. The van der Waals surface area contributed by atoms with Crippen LogP contribution in [0.2, 0.25) is 5.15 Å². The third-order valence-corrected chi connectivity index (χ3v) is 3.21. The van der Waals surface area contributed by atoms with E-state index in [2.05, 4.69) is 20.2 Å². The van der Waals surface area contributed by atoms with E-state index in [1.165, 1.54) is 13.5 Å². The van der Waals surface area contributed by atoms with Crippen molar-refractivity contribution in [2.24, 2.45) is 0 Å². The van der Waals surface area contributed by atoms with Crippen LogP contribution in [-0.2, 0) is 0 Å². The van der Waals surface area contributed by atoms with Crippen LogP contribution in [-0.4, -0.2) is 36.0 Å². The minimum Gasteiger partial charge on any atom is -0.382 e. The number of carbonyl (C=O) groups is 1. The molecule has 1 aliphatic rings. The largest absolute Gasteiger partial charge is 0.382 e. The van der Waals surface area contributed by atoms with Gasteiger partial charge in [0.15, 0.2) is 22.5 Å². The fourth-order valence-electron chi connectivity index (χ4n) is 2.01. The maximum atomic E-state index is 11.5. The van der Waals surface area contributed by atoms with Crippen molar-refractivity contribution in [1.82, 2.24) is 15.3 Å². The summed E-state index contributed by atoms with van der Waals surface area (Å²) in [5, 5.41) is 2.68. The standard InChI is InChI=1S/C11H16ClN5O/c1-14-11(18)7-9(13)16-10(8(12)15-7)17-5-3-2-4-6-17/h2-6H2,1H3,(H2,13,16)(H,14,18). The number of aromatic nitrogens is 2. The Balaban J connectivity index is 2.33. The third kappa shape index (κ3) is 2.48. The first-order chi connectivity index (χ1) is 8.63. The molecule has 0 aliphatic carbocycles. The van der Waals surface area contributed by atoms with E-state index in [1.54, 1.807) is 0 Å². The summed E-state index contributed by atoms with van der Waals surface area (Å²) in [6, 6.07) is 0. The molecule has 0 aromatic carbocycles. The topological polar surface area (TPSA) is 84.1 Å². The van der Waals surface area contributed by atoms with Crippen LogP contribution in [0.3, 0.4) is 0 Å². The average molecular weight is 270 g/mol. The van der Waals surface area contributed by atoms with Crippen LogP contribution in [0.5, 0.6) is 0 Å². The molecule has 98 valence electrons. The predicted molar refractivity (Wildman–Crippen MR) is 70.9 cm³/mol. The maximum Gasteiger partial charge on any atom is 0.273 e. The van der Waals surface area contributed by atoms with Crippen molar-refractivity contribution in [3.8, 4) is 0 Å². The number of nitrogens with one attached hydrogen (secondary N) is 1. The summed E-state index contributed by atoms with van der Waals surface area (Å²) in [7, 11) is 1.51. The lowest BCUT2D eigenvalue weighted by Gasteiger charge is -2.28. The van der Waals surface area contributed by atoms with Crippen LogP contribution in [0.4, 0.5) is 11.6 Å². The molecule has 6 nitrogen and oxygen atoms in total. The second-order valence-electron chi connectivity index (χ2n) is 4.20. The minimum atomic E-state index is -0.382. The van der Waals surface area contributed by atoms with Crippen molar-refractivity contribution >= 4 is 29.1 Å². The van der Waals surface area contributed by atoms with Gasteiger partial charge in [0.1, 0.15) is 0 Å². The molecule has 1 saturated heterocycles. The molecule has 1 aromatic heterocycles. The van der Waals surface area contributed by atoms with E-state index in [1.807, 2.05) is 0 Å². The summed E-state index contributed by atoms with van der Waals surface area (Å²) >= 11 is 6.08. The summed E-state index contributed by atoms with van der Waals surface area (Å²) in [5.74, 6) is 0.299. The Hall–Kier alpha value is -1.56. The second-order valence-corrected chi connectivity index (χ2v) is 4.56. The zero-order valence-electron chi connectivity index (χ0n) is 10.2. The lowest BCUT2D eigenvalue weighted by atomic mass is 10.1. The van der Waals surface area contributed by atoms with Crippen molar-refractivity contribution in [3.63, 3.8) is 0 Å². The summed E-state index contributed by atoms with van der Waals surface area (Å²) in [6.07, 6.45) is 3.43. The zero-order chi connectivity index (χ0) is 13.1. The number of halogens is 1. The number of anilines is 2. The van der Waals surface area contributed by atoms with Gasteiger partial charge in [0.05, 0.1) is 0 Å². The summed E-state index contributed by atoms with van der Waals surface area (Å²) in [5.41, 5.74) is 5.83. The summed E-state index contributed by atoms with van der Waals surface area (Å²) < 4.78 is 0. The molecule has 1 aromatic rings. The highest BCUT2D eigenvalue weighted by molar-refractivity contribution is 6.32. The van der Waals surface area contributed by atoms with Crippen LogP contribution in [0, 0.1) is 0 Å². The van der Waals surface area contributed by atoms with E-state index in [0.717, 1.165) is 25.9 Å². The third-order valence-electron chi connectivity index (χ3n) is 2.96. The number of hydrogen-bond donors (Lipinski definition) is 2. The number of nitrogen functional groups attached to an aromatic ring is 1. The molecule has 1 aliphatic heterocycles. The second kappa shape index (κ2) is 5.39. The Labute approximate surface area is 111 Å². The number of hydrogen-bond acceptors (Lipinski definition) is 5. The molecular formula is C11H16ClN5O. The monoisotopic (exact) mass is 269 g/mol. The Morgan fingerprint density at radius 2 is 2.00 bits per heavy atom. The smallest absolute Gasteiger partial charge is 0.273 e. The van der Waals surface area contributed by atoms with E-state index >= 15 is 0 Å². The van der Waals surface area contributed by atoms with E-state index in [9.17, 15) is 4.79 Å². The van der Waals surface area contributed by atoms with Gasteiger partial charge in [-0.05, 0) is 19.3 Å². The van der Waals surface area contributed by atoms with E-state index in [4.69, 9.17) is 17.3 Å². The Bertz CT molecular complexity index is 459. The van der Waals surface area contributed by atoms with Crippen LogP contribution in [0.15, 0.2) is 0 Å². The van der Waals surface area contributed by atoms with Gasteiger partial charge in [-0.15, -0.1) is 0 Å². The predicted octanol–water partition coefficient (Wildman–Crippen LogP) is 1.06. The molecule has 0 bridgehead atoms. The highest BCUT2D eigenvalue weighted by Gasteiger charge is 2.20. The van der Waals surface area contributed by atoms with Gasteiger partial charge in [0.25, 0.3) is 5.91 Å². The highest BCUT2D eigenvalue weighted by Crippen LogP contribution is 2.26. The molecular weight excluding hydrogens is 254 g/mol. The molecule has 1 amide bonds. The Kier molecular flexibility index (Phi) is 3.86. The molecule has 0 spiro atoms. The molecule has 2 rings (SSSR count). The highest BCUT2D eigenvalue weighted by atomic mass is 35.5. The number of rotatable bonds is 2. The van der Waals surface area contributed by atoms with Crippen molar-refractivity contribution in [2.45, 2.75) is 19.3 Å². The van der Waals surface area contributed by atoms with Crippen molar-refractivity contribution in [2.75, 3.05) is 30.8 Å². The molecule has 0 atom stereocenters. The summed E-state index contributed by atoms with van der Waals surface area (Å²) in [4.78, 5) is 21.8. The average Bonchev–Trinajstić information content (AvgIpc) is 2.41. The van der Waals surface area contributed by atoms with E-state index < -0.39 is 0 Å². The quantitative estimate of drug-likeness (QED) is 0.839. The molecule has 1 fully saturated rings. The van der Waals surface area contributed by atoms with Gasteiger partial charge < -0.3 is 16.0 Å². The maximum absolute atomic E-state index is 11.5. The fourth-order valence-corrected chi connectivity index (χ4v) is 2.26. The normalized spacial score (nSPS) is 15.6. The molecule has 3 N–H and O–H groups in total. The summed E-state index contributed by atoms with van der Waals surface area (Å²) in [6.45, 7) is 1.79. The van der Waals surface area contributed by atoms with Gasteiger partial charge in [-0.2, -0.15) is 0 Å². The van der Waals surface area contributed by atoms with Gasteiger partial charge in [-0.25, -0.2) is 9.97 Å². The first-order valence-electron chi connectivity index (χ1n) is 5.93. The van der Waals surface area contributed by atoms with Gasteiger partial charge in [-0.1, -0.05) is 11.6 Å². The lowest BCUT2D eigenvalue weighted by molar-refractivity contribution is 0.0959. The van der Waals surface area contributed by atoms with Crippen molar-refractivity contribution < 1.29 is 4.79 Å². The van der Waals surface area contributed by atoms with Crippen LogP contribution >= 0.6 is 11.6 Å². The van der Waals surface area contributed by atoms with Gasteiger partial charge in [-0.3, -0.25) is 4.79 Å². The first kappa shape index (κ1) is 12.9. The molecule has 18 heavy (non-hydrogen) atoms. The molecule has 0 unspecified atom stereocenters. The SMILES string of the molecule is CNC(=O)c1nc(Cl)c(N2CCCCC2)nc1N. The molecule has 2 heterocycles. The van der Waals surface area contributed by atoms with Crippen molar-refractivity contribution in [1.29, 1.82) is 0 Å². The van der Waals surface area contributed by atoms with E-state index in [0.29, 0.717) is 5.82 Å². The number of piperidine rings is 1. The number of nitrogens with two attached hydrogens (primary N) is 1. The molecule has 7 heteroatoms. The van der Waals surface area contributed by atoms with Crippen LogP contribution in [0.25, 0.3) is 0 Å². The van der Waals surface area contributed by atoms with E-state index in [-0.39, 0.29) is 22.6 Å². The van der Waals surface area contributed by atoms with Crippen LogP contribution in [0.1, 0.15) is 29.8 Å². The Morgan fingerprint density at radius 1 is 1.33 bits per heavy atom. The van der Waals surface area contributed by atoms with Crippen molar-refractivity contribution in [3.05, 3.63) is 10.8 Å². The van der Waals surface area contributed by atoms with Gasteiger partial charge in [0.2, 0.25) is 0 Å². The van der Waals surface area contributed by atoms with Gasteiger partial charge >= 0.3 is 0 Å². The Morgan fingerprint density at radius 3 is 2.61 bits per heavy atom. The number of carbonyl (C=O) groups excluding carboxylic acids is 1. The zero-order valence-corrected chi connectivity index (χ0v) is 11.0.